The fourth-order valence-corrected chi connectivity index (χ4v) is 3.45. The molecule has 1 aliphatic rings. The number of rotatable bonds is 2. The average Bonchev–Trinajstić information content (AvgIpc) is 2.78. The first kappa shape index (κ1) is 16.1. The van der Waals surface area contributed by atoms with Crippen LogP contribution < -0.4 is 5.32 Å². The predicted octanol–water partition coefficient (Wildman–Crippen LogP) is 5.22. The van der Waals surface area contributed by atoms with Gasteiger partial charge in [0.05, 0.1) is 10.7 Å². The summed E-state index contributed by atoms with van der Waals surface area (Å²) in [7, 11) is 0. The summed E-state index contributed by atoms with van der Waals surface area (Å²) in [4.78, 5) is 0. The molecule has 0 aliphatic carbocycles. The van der Waals surface area contributed by atoms with E-state index in [2.05, 4.69) is 10.4 Å². The first-order valence-corrected chi connectivity index (χ1v) is 8.59. The molecule has 4 rings (SSSR count). The van der Waals surface area contributed by atoms with Crippen molar-refractivity contribution in [2.45, 2.75) is 19.3 Å². The summed E-state index contributed by atoms with van der Waals surface area (Å²) in [5.41, 5.74) is 2.67. The maximum absolute atomic E-state index is 14.3. The van der Waals surface area contributed by atoms with Crippen molar-refractivity contribution in [1.29, 1.82) is 0 Å². The Labute approximate surface area is 149 Å². The highest BCUT2D eigenvalue weighted by molar-refractivity contribution is 6.33. The van der Waals surface area contributed by atoms with Crippen LogP contribution >= 0.6 is 11.6 Å². The van der Waals surface area contributed by atoms with Crippen molar-refractivity contribution >= 4 is 17.4 Å². The zero-order chi connectivity index (χ0) is 17.4. The van der Waals surface area contributed by atoms with Gasteiger partial charge in [-0.2, -0.15) is 5.10 Å². The Bertz CT molecular complexity index is 936. The molecule has 3 nitrogen and oxygen atoms in total. The molecule has 1 aliphatic heterocycles. The topological polar surface area (TPSA) is 29.9 Å². The Morgan fingerprint density at radius 3 is 2.72 bits per heavy atom. The van der Waals surface area contributed by atoms with Gasteiger partial charge in [0.25, 0.3) is 0 Å². The van der Waals surface area contributed by atoms with Gasteiger partial charge in [0, 0.05) is 17.7 Å². The maximum Gasteiger partial charge on any atom is 0.148 e. The highest BCUT2D eigenvalue weighted by Gasteiger charge is 2.24. The minimum atomic E-state index is -0.397. The summed E-state index contributed by atoms with van der Waals surface area (Å²) in [6.45, 7) is 0.795. The van der Waals surface area contributed by atoms with Crippen molar-refractivity contribution in [2.75, 3.05) is 11.9 Å². The molecule has 0 spiro atoms. The zero-order valence-electron chi connectivity index (χ0n) is 13.4. The van der Waals surface area contributed by atoms with Crippen LogP contribution in [-0.2, 0) is 6.42 Å². The number of nitrogens with one attached hydrogen (secondary N) is 1. The Hall–Kier alpha value is -2.40. The number of para-hydroxylation sites is 1. The highest BCUT2D eigenvalue weighted by atomic mass is 35.5. The van der Waals surface area contributed by atoms with E-state index in [1.54, 1.807) is 28.9 Å². The minimum absolute atomic E-state index is 0.297. The molecule has 0 fully saturated rings. The molecule has 0 saturated carbocycles. The van der Waals surface area contributed by atoms with Crippen molar-refractivity contribution in [3.05, 3.63) is 64.7 Å². The van der Waals surface area contributed by atoms with Crippen LogP contribution in [0.1, 0.15) is 18.4 Å². The van der Waals surface area contributed by atoms with E-state index >= 15 is 0 Å². The van der Waals surface area contributed by atoms with E-state index in [-0.39, 0.29) is 5.82 Å². The molecular weight excluding hydrogens is 344 g/mol. The Morgan fingerprint density at radius 1 is 1.08 bits per heavy atom. The lowest BCUT2D eigenvalue weighted by atomic mass is 10.0. The van der Waals surface area contributed by atoms with Gasteiger partial charge in [-0.15, -0.1) is 0 Å². The lowest BCUT2D eigenvalue weighted by molar-refractivity contribution is 0.611. The van der Waals surface area contributed by atoms with E-state index < -0.39 is 5.82 Å². The second-order valence-corrected chi connectivity index (χ2v) is 6.45. The number of benzene rings is 2. The second-order valence-electron chi connectivity index (χ2n) is 6.05. The van der Waals surface area contributed by atoms with E-state index in [1.807, 2.05) is 0 Å². The van der Waals surface area contributed by atoms with E-state index in [9.17, 15) is 8.78 Å². The van der Waals surface area contributed by atoms with Crippen LogP contribution in [0.15, 0.2) is 42.5 Å². The van der Waals surface area contributed by atoms with Gasteiger partial charge in [0.1, 0.15) is 23.1 Å². The van der Waals surface area contributed by atoms with E-state index in [0.29, 0.717) is 22.0 Å². The molecule has 6 heteroatoms. The molecule has 2 aromatic carbocycles. The van der Waals surface area contributed by atoms with Crippen molar-refractivity contribution < 1.29 is 8.78 Å². The summed E-state index contributed by atoms with van der Waals surface area (Å²) in [5, 5.41) is 8.29. The molecule has 1 N–H and O–H groups in total. The first-order chi connectivity index (χ1) is 12.1. The fourth-order valence-electron chi connectivity index (χ4n) is 3.20. The van der Waals surface area contributed by atoms with Gasteiger partial charge in [0.15, 0.2) is 0 Å². The van der Waals surface area contributed by atoms with Gasteiger partial charge in [-0.3, -0.25) is 0 Å². The molecule has 25 heavy (non-hydrogen) atoms. The number of fused-ring (bicyclic) bond motifs is 1. The molecule has 0 bridgehead atoms. The largest absolute Gasteiger partial charge is 0.370 e. The van der Waals surface area contributed by atoms with Gasteiger partial charge in [-0.25, -0.2) is 13.5 Å². The Morgan fingerprint density at radius 2 is 1.92 bits per heavy atom. The number of hydrogen-bond acceptors (Lipinski definition) is 2. The highest BCUT2D eigenvalue weighted by Crippen LogP contribution is 2.37. The molecule has 2 heterocycles. The van der Waals surface area contributed by atoms with Gasteiger partial charge in [-0.1, -0.05) is 23.7 Å². The molecule has 0 amide bonds. The van der Waals surface area contributed by atoms with E-state index in [1.165, 1.54) is 18.2 Å². The third-order valence-electron chi connectivity index (χ3n) is 4.40. The summed E-state index contributed by atoms with van der Waals surface area (Å²) in [6.07, 6.45) is 2.82. The molecule has 0 atom stereocenters. The van der Waals surface area contributed by atoms with Crippen LogP contribution in [0.2, 0.25) is 5.02 Å². The van der Waals surface area contributed by atoms with Gasteiger partial charge in [-0.05, 0) is 49.6 Å². The molecular formula is C19H16ClF2N3. The third kappa shape index (κ3) is 2.89. The quantitative estimate of drug-likeness (QED) is 0.680. The van der Waals surface area contributed by atoms with Crippen LogP contribution in [0.5, 0.6) is 0 Å². The van der Waals surface area contributed by atoms with Crippen LogP contribution in [0, 0.1) is 11.6 Å². The molecule has 0 radical (unpaired) electrons. The molecule has 128 valence electrons. The van der Waals surface area contributed by atoms with E-state index in [0.717, 1.165) is 37.2 Å². The van der Waals surface area contributed by atoms with Gasteiger partial charge in [0.2, 0.25) is 0 Å². The smallest absolute Gasteiger partial charge is 0.148 e. The van der Waals surface area contributed by atoms with Gasteiger partial charge >= 0.3 is 0 Å². The monoisotopic (exact) mass is 359 g/mol. The normalized spacial score (nSPS) is 13.9. The van der Waals surface area contributed by atoms with E-state index in [4.69, 9.17) is 11.6 Å². The minimum Gasteiger partial charge on any atom is -0.370 e. The number of halogens is 3. The third-order valence-corrected chi connectivity index (χ3v) is 4.71. The fraction of sp³-hybridized carbons (Fsp3) is 0.211. The van der Waals surface area contributed by atoms with Crippen LogP contribution in [0.3, 0.4) is 0 Å². The molecule has 3 aromatic rings. The zero-order valence-corrected chi connectivity index (χ0v) is 14.2. The number of aromatic nitrogens is 2. The number of hydrogen-bond donors (Lipinski definition) is 1. The Balaban J connectivity index is 1.95. The molecule has 1 aromatic heterocycles. The first-order valence-electron chi connectivity index (χ1n) is 8.21. The second kappa shape index (κ2) is 6.48. The predicted molar refractivity (Wildman–Crippen MR) is 95.4 cm³/mol. The summed E-state index contributed by atoms with van der Waals surface area (Å²) in [5.74, 6) is 0.0279. The SMILES string of the molecule is Fc1ccc(-c2nn(-c3ccccc3F)c3c2CCCCN3)c(Cl)c1. The van der Waals surface area contributed by atoms with Crippen molar-refractivity contribution in [3.8, 4) is 16.9 Å². The van der Waals surface area contributed by atoms with Crippen molar-refractivity contribution in [2.24, 2.45) is 0 Å². The van der Waals surface area contributed by atoms with Crippen LogP contribution in [0.25, 0.3) is 16.9 Å². The summed E-state index contributed by atoms with van der Waals surface area (Å²) >= 11 is 6.25. The van der Waals surface area contributed by atoms with Crippen molar-refractivity contribution in [1.82, 2.24) is 9.78 Å². The Kier molecular flexibility index (Phi) is 4.17. The number of anilines is 1. The average molecular weight is 360 g/mol. The lowest BCUT2D eigenvalue weighted by Crippen LogP contribution is -2.08. The van der Waals surface area contributed by atoms with Crippen molar-refractivity contribution in [3.63, 3.8) is 0 Å². The maximum atomic E-state index is 14.3. The molecule has 0 unspecified atom stereocenters. The summed E-state index contributed by atoms with van der Waals surface area (Å²) in [6, 6.07) is 10.8. The van der Waals surface area contributed by atoms with Crippen LogP contribution in [-0.4, -0.2) is 16.3 Å². The lowest BCUT2D eigenvalue weighted by Gasteiger charge is -2.09. The summed E-state index contributed by atoms with van der Waals surface area (Å²) < 4.78 is 29.3. The number of nitrogens with zero attached hydrogens (tertiary/aromatic N) is 2. The standard InChI is InChI=1S/C19H16ClF2N3/c20-15-11-12(21)8-9-13(15)18-14-5-3-4-10-23-19(14)25(24-18)17-7-2-1-6-16(17)22/h1-2,6-9,11,23H,3-5,10H2. The molecule has 0 saturated heterocycles. The van der Waals surface area contributed by atoms with Crippen LogP contribution in [0.4, 0.5) is 14.6 Å². The van der Waals surface area contributed by atoms with Gasteiger partial charge < -0.3 is 5.32 Å².